The van der Waals surface area contributed by atoms with Gasteiger partial charge in [0.1, 0.15) is 6.04 Å². The largest absolute Gasteiger partial charge is 0.459 e. The molecule has 1 aromatic heterocycles. The zero-order valence-corrected chi connectivity index (χ0v) is 18.0. The molecule has 0 aromatic carbocycles. The van der Waals surface area contributed by atoms with Crippen LogP contribution in [0.15, 0.2) is 22.8 Å². The van der Waals surface area contributed by atoms with E-state index >= 15 is 0 Å². The molecule has 1 aliphatic rings. The average Bonchev–Trinajstić information content (AvgIpc) is 3.13. The maximum absolute atomic E-state index is 13.1. The molecule has 8 nitrogen and oxygen atoms in total. The van der Waals surface area contributed by atoms with Crippen molar-refractivity contribution in [3.8, 4) is 0 Å². The Balaban J connectivity index is 1.95. The van der Waals surface area contributed by atoms with Crippen molar-refractivity contribution in [2.75, 3.05) is 45.8 Å². The Hall–Kier alpha value is -2.35. The van der Waals surface area contributed by atoms with Crippen molar-refractivity contribution in [2.24, 2.45) is 5.92 Å². The van der Waals surface area contributed by atoms with E-state index in [0.29, 0.717) is 39.3 Å². The van der Waals surface area contributed by atoms with Gasteiger partial charge in [0.2, 0.25) is 11.8 Å². The molecule has 1 aliphatic heterocycles. The van der Waals surface area contributed by atoms with Crippen LogP contribution in [-0.2, 0) is 9.59 Å². The summed E-state index contributed by atoms with van der Waals surface area (Å²) in [5, 5.41) is 2.81. The van der Waals surface area contributed by atoms with Crippen LogP contribution in [0.4, 0.5) is 0 Å². The lowest BCUT2D eigenvalue weighted by molar-refractivity contribution is -0.134. The van der Waals surface area contributed by atoms with Crippen LogP contribution in [0.3, 0.4) is 0 Å². The zero-order valence-electron chi connectivity index (χ0n) is 18.0. The third kappa shape index (κ3) is 6.32. The Morgan fingerprint density at radius 2 is 1.86 bits per heavy atom. The van der Waals surface area contributed by atoms with E-state index in [2.05, 4.69) is 10.2 Å². The van der Waals surface area contributed by atoms with Gasteiger partial charge in [-0.1, -0.05) is 13.8 Å². The Morgan fingerprint density at radius 3 is 2.45 bits per heavy atom. The first-order valence-corrected chi connectivity index (χ1v) is 10.5. The SMILES string of the molecule is CCN(CC)C(=O)CN1CCCN(C(=O)[C@@H](NC(=O)c2ccco2)C(C)C)CC1. The molecule has 8 heteroatoms. The minimum Gasteiger partial charge on any atom is -0.459 e. The predicted octanol–water partition coefficient (Wildman–Crippen LogP) is 1.44. The molecule has 1 atom stereocenters. The van der Waals surface area contributed by atoms with Crippen LogP contribution in [0.5, 0.6) is 0 Å². The minimum absolute atomic E-state index is 0.0509. The summed E-state index contributed by atoms with van der Waals surface area (Å²) in [6.45, 7) is 12.2. The number of rotatable bonds is 8. The normalized spacial score (nSPS) is 16.4. The van der Waals surface area contributed by atoms with Gasteiger partial charge in [-0.25, -0.2) is 0 Å². The lowest BCUT2D eigenvalue weighted by Gasteiger charge is -2.29. The van der Waals surface area contributed by atoms with Gasteiger partial charge in [0.05, 0.1) is 12.8 Å². The van der Waals surface area contributed by atoms with E-state index in [9.17, 15) is 14.4 Å². The molecule has 0 aliphatic carbocycles. The Morgan fingerprint density at radius 1 is 1.14 bits per heavy atom. The molecular weight excluding hydrogens is 372 g/mol. The summed E-state index contributed by atoms with van der Waals surface area (Å²) in [6.07, 6.45) is 2.23. The van der Waals surface area contributed by atoms with Gasteiger partial charge in [0.25, 0.3) is 5.91 Å². The van der Waals surface area contributed by atoms with E-state index in [1.54, 1.807) is 17.0 Å². The monoisotopic (exact) mass is 406 g/mol. The summed E-state index contributed by atoms with van der Waals surface area (Å²) in [4.78, 5) is 43.6. The van der Waals surface area contributed by atoms with Crippen LogP contribution in [0.1, 0.15) is 44.7 Å². The Kier molecular flexibility index (Phi) is 8.70. The highest BCUT2D eigenvalue weighted by Crippen LogP contribution is 2.12. The molecule has 1 aromatic rings. The Labute approximate surface area is 173 Å². The predicted molar refractivity (Wildman–Crippen MR) is 110 cm³/mol. The smallest absolute Gasteiger partial charge is 0.287 e. The quantitative estimate of drug-likeness (QED) is 0.706. The van der Waals surface area contributed by atoms with Crippen molar-refractivity contribution in [3.63, 3.8) is 0 Å². The molecule has 2 rings (SSSR count). The minimum atomic E-state index is -0.614. The van der Waals surface area contributed by atoms with Crippen LogP contribution in [0.25, 0.3) is 0 Å². The first-order chi connectivity index (χ1) is 13.9. The highest BCUT2D eigenvalue weighted by Gasteiger charge is 2.31. The summed E-state index contributed by atoms with van der Waals surface area (Å²) < 4.78 is 5.13. The van der Waals surface area contributed by atoms with Crippen molar-refractivity contribution < 1.29 is 18.8 Å². The topological polar surface area (TPSA) is 86.1 Å². The fourth-order valence-electron chi connectivity index (χ4n) is 3.55. The number of furan rings is 1. The second-order valence-corrected chi connectivity index (χ2v) is 7.69. The second kappa shape index (κ2) is 11.0. The number of carbonyl (C=O) groups is 3. The van der Waals surface area contributed by atoms with Gasteiger partial charge in [-0.05, 0) is 38.3 Å². The molecular formula is C21H34N4O4. The van der Waals surface area contributed by atoms with E-state index in [-0.39, 0.29) is 29.4 Å². The number of carbonyl (C=O) groups excluding carboxylic acids is 3. The van der Waals surface area contributed by atoms with Crippen molar-refractivity contribution in [3.05, 3.63) is 24.2 Å². The van der Waals surface area contributed by atoms with Gasteiger partial charge in [-0.3, -0.25) is 19.3 Å². The van der Waals surface area contributed by atoms with Crippen LogP contribution >= 0.6 is 0 Å². The van der Waals surface area contributed by atoms with Crippen molar-refractivity contribution >= 4 is 17.7 Å². The number of likely N-dealkylation sites (N-methyl/N-ethyl adjacent to an activating group) is 1. The molecule has 2 heterocycles. The van der Waals surface area contributed by atoms with Gasteiger partial charge in [0.15, 0.2) is 5.76 Å². The van der Waals surface area contributed by atoms with Gasteiger partial charge in [0, 0.05) is 39.3 Å². The van der Waals surface area contributed by atoms with Gasteiger partial charge < -0.3 is 19.5 Å². The van der Waals surface area contributed by atoms with E-state index in [0.717, 1.165) is 13.0 Å². The fourth-order valence-corrected chi connectivity index (χ4v) is 3.55. The zero-order chi connectivity index (χ0) is 21.4. The molecule has 1 saturated heterocycles. The van der Waals surface area contributed by atoms with Gasteiger partial charge >= 0.3 is 0 Å². The van der Waals surface area contributed by atoms with E-state index in [1.165, 1.54) is 6.26 Å². The second-order valence-electron chi connectivity index (χ2n) is 7.69. The van der Waals surface area contributed by atoms with Crippen molar-refractivity contribution in [1.82, 2.24) is 20.0 Å². The number of hydrogen-bond acceptors (Lipinski definition) is 5. The van der Waals surface area contributed by atoms with Crippen molar-refractivity contribution in [1.29, 1.82) is 0 Å². The first-order valence-electron chi connectivity index (χ1n) is 10.5. The summed E-state index contributed by atoms with van der Waals surface area (Å²) in [7, 11) is 0. The lowest BCUT2D eigenvalue weighted by atomic mass is 10.0. The maximum Gasteiger partial charge on any atom is 0.287 e. The number of nitrogens with zero attached hydrogens (tertiary/aromatic N) is 3. The molecule has 0 saturated carbocycles. The lowest BCUT2D eigenvalue weighted by Crippen LogP contribution is -2.52. The summed E-state index contributed by atoms with van der Waals surface area (Å²) in [5.41, 5.74) is 0. The van der Waals surface area contributed by atoms with E-state index in [1.807, 2.05) is 32.6 Å². The highest BCUT2D eigenvalue weighted by molar-refractivity contribution is 5.95. The Bertz CT molecular complexity index is 670. The standard InChI is InChI=1S/C21H34N4O4/c1-5-24(6-2)18(26)15-23-10-8-11-25(13-12-23)21(28)19(16(3)4)22-20(27)17-9-7-14-29-17/h7,9,14,16,19H,5-6,8,10-13,15H2,1-4H3,(H,22,27)/t19-/m0/s1. The van der Waals surface area contributed by atoms with Crippen LogP contribution in [-0.4, -0.2) is 84.3 Å². The summed E-state index contributed by atoms with van der Waals surface area (Å²) >= 11 is 0. The van der Waals surface area contributed by atoms with E-state index < -0.39 is 6.04 Å². The molecule has 0 spiro atoms. The van der Waals surface area contributed by atoms with Gasteiger partial charge in [-0.15, -0.1) is 0 Å². The van der Waals surface area contributed by atoms with Gasteiger partial charge in [-0.2, -0.15) is 0 Å². The number of amides is 3. The molecule has 0 radical (unpaired) electrons. The van der Waals surface area contributed by atoms with Crippen molar-refractivity contribution in [2.45, 2.75) is 40.2 Å². The molecule has 0 bridgehead atoms. The maximum atomic E-state index is 13.1. The number of nitrogens with one attached hydrogen (secondary N) is 1. The molecule has 3 amide bonds. The number of hydrogen-bond donors (Lipinski definition) is 1. The third-order valence-electron chi connectivity index (χ3n) is 5.34. The van der Waals surface area contributed by atoms with E-state index in [4.69, 9.17) is 4.42 Å². The third-order valence-corrected chi connectivity index (χ3v) is 5.34. The first kappa shape index (κ1) is 22.9. The van der Waals surface area contributed by atoms with Crippen LogP contribution < -0.4 is 5.32 Å². The highest BCUT2D eigenvalue weighted by atomic mass is 16.3. The van der Waals surface area contributed by atoms with Crippen LogP contribution in [0, 0.1) is 5.92 Å². The fraction of sp³-hybridized carbons (Fsp3) is 0.667. The molecule has 29 heavy (non-hydrogen) atoms. The molecule has 1 N–H and O–H groups in total. The molecule has 1 fully saturated rings. The molecule has 0 unspecified atom stereocenters. The molecule has 162 valence electrons. The average molecular weight is 407 g/mol. The summed E-state index contributed by atoms with van der Waals surface area (Å²) in [5.74, 6) is -0.203. The summed E-state index contributed by atoms with van der Waals surface area (Å²) in [6, 6.07) is 2.61. The van der Waals surface area contributed by atoms with Crippen LogP contribution in [0.2, 0.25) is 0 Å².